The fourth-order valence-electron chi connectivity index (χ4n) is 4.27. The Balaban J connectivity index is 1.89. The number of carbonyl (C=O) groups excluding carboxylic acids is 2. The zero-order chi connectivity index (χ0) is 21.4. The minimum Gasteiger partial charge on any atom is -0.497 e. The quantitative estimate of drug-likeness (QED) is 0.619. The van der Waals surface area contributed by atoms with Gasteiger partial charge in [-0.2, -0.15) is 0 Å². The first-order valence-electron chi connectivity index (χ1n) is 9.70. The number of benzene rings is 2. The molecule has 1 amide bonds. The molecule has 2 aromatic carbocycles. The van der Waals surface area contributed by atoms with Crippen LogP contribution in [-0.4, -0.2) is 25.9 Å². The van der Waals surface area contributed by atoms with Crippen molar-refractivity contribution in [3.63, 3.8) is 0 Å². The summed E-state index contributed by atoms with van der Waals surface area (Å²) in [7, 11) is 3.12. The third kappa shape index (κ3) is 3.57. The van der Waals surface area contributed by atoms with Gasteiger partial charge in [-0.1, -0.05) is 35.3 Å². The number of ketones is 1. The van der Waals surface area contributed by atoms with E-state index in [-0.39, 0.29) is 18.1 Å². The first-order valence-corrected chi connectivity index (χ1v) is 10.5. The van der Waals surface area contributed by atoms with E-state index >= 15 is 0 Å². The van der Waals surface area contributed by atoms with Gasteiger partial charge in [0.2, 0.25) is 5.91 Å². The number of hydrogen-bond donors (Lipinski definition) is 0. The van der Waals surface area contributed by atoms with Crippen molar-refractivity contribution in [2.24, 2.45) is 0 Å². The summed E-state index contributed by atoms with van der Waals surface area (Å²) in [6.45, 7) is 0. The lowest BCUT2D eigenvalue weighted by Crippen LogP contribution is -2.40. The number of ether oxygens (including phenoxy) is 2. The molecule has 1 heterocycles. The molecule has 1 aliphatic carbocycles. The Labute approximate surface area is 185 Å². The van der Waals surface area contributed by atoms with Crippen molar-refractivity contribution < 1.29 is 19.1 Å². The molecule has 4 rings (SSSR count). The fourth-order valence-corrected chi connectivity index (χ4v) is 4.71. The van der Waals surface area contributed by atoms with Crippen LogP contribution in [0.4, 0.5) is 5.69 Å². The van der Waals surface area contributed by atoms with Gasteiger partial charge in [0.15, 0.2) is 5.78 Å². The summed E-state index contributed by atoms with van der Waals surface area (Å²) in [6, 6.07) is 10.6. The largest absolute Gasteiger partial charge is 0.497 e. The van der Waals surface area contributed by atoms with Gasteiger partial charge in [-0.25, -0.2) is 0 Å². The molecule has 0 saturated heterocycles. The van der Waals surface area contributed by atoms with Crippen LogP contribution in [0.1, 0.15) is 37.2 Å². The summed E-state index contributed by atoms with van der Waals surface area (Å²) >= 11 is 12.7. The minimum atomic E-state index is -0.407. The predicted octanol–water partition coefficient (Wildman–Crippen LogP) is 5.54. The van der Waals surface area contributed by atoms with Crippen LogP contribution in [0.15, 0.2) is 47.7 Å². The summed E-state index contributed by atoms with van der Waals surface area (Å²) in [5.74, 6) is 0.669. The third-order valence-electron chi connectivity index (χ3n) is 5.63. The molecule has 2 aliphatic rings. The van der Waals surface area contributed by atoms with Gasteiger partial charge in [-0.3, -0.25) is 14.5 Å². The molecule has 0 aromatic heterocycles. The van der Waals surface area contributed by atoms with Crippen molar-refractivity contribution >= 4 is 40.6 Å². The summed E-state index contributed by atoms with van der Waals surface area (Å²) in [5.41, 5.74) is 2.70. The maximum Gasteiger partial charge on any atom is 0.232 e. The van der Waals surface area contributed by atoms with Crippen molar-refractivity contribution in [1.29, 1.82) is 0 Å². The first kappa shape index (κ1) is 20.8. The number of methoxy groups -OCH3 is 2. The number of nitrogens with zero attached hydrogens (tertiary/aromatic N) is 1. The van der Waals surface area contributed by atoms with E-state index in [1.54, 1.807) is 49.5 Å². The van der Waals surface area contributed by atoms with Gasteiger partial charge in [0, 0.05) is 48.2 Å². The van der Waals surface area contributed by atoms with Crippen molar-refractivity contribution in [3.8, 4) is 11.5 Å². The zero-order valence-corrected chi connectivity index (χ0v) is 18.2. The first-order chi connectivity index (χ1) is 14.4. The number of amides is 1. The second kappa shape index (κ2) is 8.32. The molecule has 1 aliphatic heterocycles. The maximum absolute atomic E-state index is 13.4. The van der Waals surface area contributed by atoms with Crippen LogP contribution in [0.5, 0.6) is 11.5 Å². The van der Waals surface area contributed by atoms with Gasteiger partial charge in [-0.05, 0) is 24.5 Å². The van der Waals surface area contributed by atoms with Gasteiger partial charge >= 0.3 is 0 Å². The predicted molar refractivity (Wildman–Crippen MR) is 117 cm³/mol. The van der Waals surface area contributed by atoms with Gasteiger partial charge in [0.1, 0.15) is 11.5 Å². The Morgan fingerprint density at radius 3 is 2.37 bits per heavy atom. The molecular weight excluding hydrogens is 425 g/mol. The topological polar surface area (TPSA) is 55.8 Å². The van der Waals surface area contributed by atoms with E-state index in [2.05, 4.69) is 0 Å². The molecule has 0 fully saturated rings. The lowest BCUT2D eigenvalue weighted by atomic mass is 9.77. The molecule has 0 saturated carbocycles. The number of hydrogen-bond acceptors (Lipinski definition) is 4. The summed E-state index contributed by atoms with van der Waals surface area (Å²) in [4.78, 5) is 28.0. The summed E-state index contributed by atoms with van der Waals surface area (Å²) in [5, 5.41) is 0.797. The Bertz CT molecular complexity index is 1040. The molecule has 156 valence electrons. The van der Waals surface area contributed by atoms with E-state index in [1.807, 2.05) is 6.07 Å². The normalized spacial score (nSPS) is 19.1. The van der Waals surface area contributed by atoms with E-state index in [0.717, 1.165) is 5.70 Å². The van der Waals surface area contributed by atoms with Gasteiger partial charge in [0.05, 0.1) is 30.0 Å². The highest BCUT2D eigenvalue weighted by Crippen LogP contribution is 2.46. The molecule has 0 spiro atoms. The number of halogens is 2. The lowest BCUT2D eigenvalue weighted by Gasteiger charge is -2.38. The second-order valence-corrected chi connectivity index (χ2v) is 8.12. The smallest absolute Gasteiger partial charge is 0.232 e. The highest BCUT2D eigenvalue weighted by atomic mass is 35.5. The molecule has 0 radical (unpaired) electrons. The Hall–Kier alpha value is -2.50. The van der Waals surface area contributed by atoms with Crippen molar-refractivity contribution in [1.82, 2.24) is 0 Å². The van der Waals surface area contributed by atoms with E-state index in [4.69, 9.17) is 32.7 Å². The average Bonchev–Trinajstić information content (AvgIpc) is 2.74. The van der Waals surface area contributed by atoms with Crippen LogP contribution < -0.4 is 14.4 Å². The Kier molecular flexibility index (Phi) is 5.76. The molecule has 7 heteroatoms. The Morgan fingerprint density at radius 1 is 1.00 bits per heavy atom. The average molecular weight is 446 g/mol. The van der Waals surface area contributed by atoms with Crippen LogP contribution in [0.3, 0.4) is 0 Å². The minimum absolute atomic E-state index is 0.0460. The van der Waals surface area contributed by atoms with E-state index in [0.29, 0.717) is 57.6 Å². The molecule has 2 aromatic rings. The molecule has 1 unspecified atom stereocenters. The third-order valence-corrected chi connectivity index (χ3v) is 6.46. The van der Waals surface area contributed by atoms with E-state index in [1.165, 1.54) is 0 Å². The molecular formula is C23H21Cl2NO4. The highest BCUT2D eigenvalue weighted by Gasteiger charge is 2.40. The number of allylic oxidation sites excluding steroid dienone is 2. The monoisotopic (exact) mass is 445 g/mol. The summed E-state index contributed by atoms with van der Waals surface area (Å²) < 4.78 is 10.7. The Morgan fingerprint density at radius 2 is 1.70 bits per heavy atom. The maximum atomic E-state index is 13.4. The molecule has 0 bridgehead atoms. The van der Waals surface area contributed by atoms with Crippen LogP contribution in [0.25, 0.3) is 0 Å². The van der Waals surface area contributed by atoms with Gasteiger partial charge in [0.25, 0.3) is 0 Å². The number of carbonyl (C=O) groups is 2. The summed E-state index contributed by atoms with van der Waals surface area (Å²) in [6.07, 6.45) is 1.90. The second-order valence-electron chi connectivity index (χ2n) is 7.34. The fraction of sp³-hybridized carbons (Fsp3) is 0.304. The van der Waals surface area contributed by atoms with Crippen LogP contribution in [0, 0.1) is 0 Å². The number of rotatable bonds is 4. The van der Waals surface area contributed by atoms with Gasteiger partial charge < -0.3 is 9.47 Å². The van der Waals surface area contributed by atoms with E-state index < -0.39 is 5.92 Å². The SMILES string of the molecule is COc1cc(OC)cc(N2C(=O)CC(c3cccc(Cl)c3Cl)C3=C2CCCC3=O)c1. The van der Waals surface area contributed by atoms with Crippen molar-refractivity contribution in [3.05, 3.63) is 63.3 Å². The highest BCUT2D eigenvalue weighted by molar-refractivity contribution is 6.42. The van der Waals surface area contributed by atoms with Gasteiger partial charge in [-0.15, -0.1) is 0 Å². The molecule has 0 N–H and O–H groups in total. The number of anilines is 1. The standard InChI is InChI=1S/C23H21Cl2NO4/c1-29-14-9-13(10-15(11-14)30-2)26-19-7-4-8-20(27)22(19)17(12-21(26)28)16-5-3-6-18(24)23(16)25/h3,5-6,9-11,17H,4,7-8,12H2,1-2H3. The number of Topliss-reactive ketones (excluding diaryl/α,β-unsaturated/α-hetero) is 1. The van der Waals surface area contributed by atoms with Crippen LogP contribution in [-0.2, 0) is 9.59 Å². The van der Waals surface area contributed by atoms with Crippen LogP contribution in [0.2, 0.25) is 10.0 Å². The van der Waals surface area contributed by atoms with E-state index in [9.17, 15) is 9.59 Å². The lowest BCUT2D eigenvalue weighted by molar-refractivity contribution is -0.119. The van der Waals surface area contributed by atoms with Crippen molar-refractivity contribution in [2.45, 2.75) is 31.6 Å². The zero-order valence-electron chi connectivity index (χ0n) is 16.7. The molecule has 5 nitrogen and oxygen atoms in total. The van der Waals surface area contributed by atoms with Crippen molar-refractivity contribution in [2.75, 3.05) is 19.1 Å². The molecule has 1 atom stereocenters. The molecule has 30 heavy (non-hydrogen) atoms. The van der Waals surface area contributed by atoms with Crippen LogP contribution >= 0.6 is 23.2 Å².